The van der Waals surface area contributed by atoms with Crippen molar-refractivity contribution in [1.82, 2.24) is 10.2 Å². The Balaban J connectivity index is 1.83. The van der Waals surface area contributed by atoms with E-state index in [0.29, 0.717) is 38.3 Å². The summed E-state index contributed by atoms with van der Waals surface area (Å²) in [6.07, 6.45) is 2.79. The Hall–Kier alpha value is -2.24. The molecule has 0 aliphatic carbocycles. The Labute approximate surface area is 149 Å². The monoisotopic (exact) mass is 348 g/mol. The summed E-state index contributed by atoms with van der Waals surface area (Å²) < 4.78 is 10.9. The minimum Gasteiger partial charge on any atom is -0.493 e. The minimum absolute atomic E-state index is 0.00535. The minimum atomic E-state index is -0.00535. The van der Waals surface area contributed by atoms with Gasteiger partial charge >= 0.3 is 0 Å². The van der Waals surface area contributed by atoms with Gasteiger partial charge in [-0.05, 0) is 43.9 Å². The summed E-state index contributed by atoms with van der Waals surface area (Å²) in [5, 5.41) is 2.92. The molecule has 1 heterocycles. The van der Waals surface area contributed by atoms with Crippen molar-refractivity contribution in [3.05, 3.63) is 23.8 Å². The molecule has 1 aliphatic rings. The van der Waals surface area contributed by atoms with E-state index in [1.807, 2.05) is 30.0 Å². The van der Waals surface area contributed by atoms with Gasteiger partial charge in [-0.2, -0.15) is 0 Å². The molecule has 0 saturated carbocycles. The van der Waals surface area contributed by atoms with Gasteiger partial charge in [0, 0.05) is 32.5 Å². The highest BCUT2D eigenvalue weighted by atomic mass is 16.5. The Morgan fingerprint density at radius 2 is 1.96 bits per heavy atom. The summed E-state index contributed by atoms with van der Waals surface area (Å²) in [6, 6.07) is 5.99. The molecule has 0 atom stereocenters. The number of carbonyl (C=O) groups is 2. The van der Waals surface area contributed by atoms with Gasteiger partial charge in [0.2, 0.25) is 11.8 Å². The number of nitrogens with zero attached hydrogens (tertiary/aromatic N) is 1. The van der Waals surface area contributed by atoms with E-state index in [1.165, 1.54) is 6.92 Å². The molecule has 1 aliphatic heterocycles. The van der Waals surface area contributed by atoms with E-state index in [0.717, 1.165) is 24.2 Å². The van der Waals surface area contributed by atoms with E-state index in [4.69, 9.17) is 9.47 Å². The third kappa shape index (κ3) is 5.66. The van der Waals surface area contributed by atoms with Gasteiger partial charge in [0.25, 0.3) is 0 Å². The molecular weight excluding hydrogens is 320 g/mol. The van der Waals surface area contributed by atoms with Gasteiger partial charge in [0.15, 0.2) is 11.5 Å². The second-order valence-electron chi connectivity index (χ2n) is 6.27. The highest BCUT2D eigenvalue weighted by Gasteiger charge is 2.22. The number of aryl methyl sites for hydroxylation is 1. The summed E-state index contributed by atoms with van der Waals surface area (Å²) in [4.78, 5) is 25.4. The summed E-state index contributed by atoms with van der Waals surface area (Å²) in [6.45, 7) is 5.46. The predicted octanol–water partition coefficient (Wildman–Crippen LogP) is 2.15. The van der Waals surface area contributed by atoms with Crippen LogP contribution in [0.2, 0.25) is 0 Å². The maximum atomic E-state index is 12.4. The maximum absolute atomic E-state index is 12.4. The van der Waals surface area contributed by atoms with E-state index < -0.39 is 0 Å². The fourth-order valence-corrected chi connectivity index (χ4v) is 3.11. The largest absolute Gasteiger partial charge is 0.493 e. The lowest BCUT2D eigenvalue weighted by Gasteiger charge is -2.32. The van der Waals surface area contributed by atoms with Crippen LogP contribution in [-0.4, -0.2) is 49.6 Å². The molecule has 1 N–H and O–H groups in total. The van der Waals surface area contributed by atoms with Crippen molar-refractivity contribution in [2.45, 2.75) is 45.6 Å². The molecule has 1 fully saturated rings. The Morgan fingerprint density at radius 1 is 1.24 bits per heavy atom. The molecule has 0 aromatic heterocycles. The molecule has 2 rings (SSSR count). The van der Waals surface area contributed by atoms with E-state index >= 15 is 0 Å². The van der Waals surface area contributed by atoms with Crippen LogP contribution in [0, 0.1) is 0 Å². The summed E-state index contributed by atoms with van der Waals surface area (Å²) in [7, 11) is 1.62. The van der Waals surface area contributed by atoms with Crippen molar-refractivity contribution < 1.29 is 19.1 Å². The number of nitrogens with one attached hydrogen (secondary N) is 1. The normalized spacial score (nSPS) is 14.9. The van der Waals surface area contributed by atoms with Crippen LogP contribution in [0.1, 0.15) is 38.7 Å². The van der Waals surface area contributed by atoms with Crippen LogP contribution in [0.15, 0.2) is 18.2 Å². The van der Waals surface area contributed by atoms with E-state index in [1.54, 1.807) is 7.11 Å². The van der Waals surface area contributed by atoms with Crippen molar-refractivity contribution in [1.29, 1.82) is 0 Å². The second-order valence-corrected chi connectivity index (χ2v) is 6.27. The van der Waals surface area contributed by atoms with Crippen LogP contribution >= 0.6 is 0 Å². The number of benzene rings is 1. The van der Waals surface area contributed by atoms with Crippen molar-refractivity contribution in [2.75, 3.05) is 26.8 Å². The standard InChI is InChI=1S/C19H28N2O4/c1-4-25-17-7-5-15(13-18(17)24-3)6-8-19(23)21-11-9-16(10-12-21)20-14(2)22/h5,7,13,16H,4,6,8-12H2,1-3H3,(H,20,22). The van der Waals surface area contributed by atoms with Gasteiger partial charge in [0.1, 0.15) is 0 Å². The molecule has 1 saturated heterocycles. The Morgan fingerprint density at radius 3 is 2.56 bits per heavy atom. The van der Waals surface area contributed by atoms with Gasteiger partial charge in [-0.1, -0.05) is 6.07 Å². The fraction of sp³-hybridized carbons (Fsp3) is 0.579. The van der Waals surface area contributed by atoms with Gasteiger partial charge in [-0.15, -0.1) is 0 Å². The first-order chi connectivity index (χ1) is 12.0. The zero-order valence-electron chi connectivity index (χ0n) is 15.3. The number of piperidine rings is 1. The smallest absolute Gasteiger partial charge is 0.222 e. The van der Waals surface area contributed by atoms with Crippen LogP contribution < -0.4 is 14.8 Å². The molecule has 0 bridgehead atoms. The first kappa shape index (κ1) is 19.1. The van der Waals surface area contributed by atoms with E-state index in [9.17, 15) is 9.59 Å². The number of amides is 2. The van der Waals surface area contributed by atoms with Crippen molar-refractivity contribution in [3.8, 4) is 11.5 Å². The molecule has 2 amide bonds. The molecule has 0 spiro atoms. The average Bonchev–Trinajstić information content (AvgIpc) is 2.61. The third-order valence-electron chi connectivity index (χ3n) is 4.41. The summed E-state index contributed by atoms with van der Waals surface area (Å²) in [5.41, 5.74) is 1.06. The lowest BCUT2D eigenvalue weighted by atomic mass is 10.0. The number of likely N-dealkylation sites (tertiary alicyclic amines) is 1. The van der Waals surface area contributed by atoms with E-state index in [2.05, 4.69) is 5.32 Å². The lowest BCUT2D eigenvalue weighted by Crippen LogP contribution is -2.46. The fourth-order valence-electron chi connectivity index (χ4n) is 3.11. The molecule has 6 heteroatoms. The zero-order chi connectivity index (χ0) is 18.2. The quantitative estimate of drug-likeness (QED) is 0.820. The molecular formula is C19H28N2O4. The number of carbonyl (C=O) groups excluding carboxylic acids is 2. The highest BCUT2D eigenvalue weighted by molar-refractivity contribution is 5.77. The molecule has 0 unspecified atom stereocenters. The lowest BCUT2D eigenvalue weighted by molar-refractivity contribution is -0.132. The molecule has 138 valence electrons. The van der Waals surface area contributed by atoms with Crippen molar-refractivity contribution in [3.63, 3.8) is 0 Å². The van der Waals surface area contributed by atoms with Gasteiger partial charge < -0.3 is 19.7 Å². The van der Waals surface area contributed by atoms with Gasteiger partial charge in [-0.3, -0.25) is 9.59 Å². The molecule has 1 aromatic carbocycles. The first-order valence-electron chi connectivity index (χ1n) is 8.88. The number of hydrogen-bond donors (Lipinski definition) is 1. The van der Waals surface area contributed by atoms with Crippen LogP contribution in [0.25, 0.3) is 0 Å². The Kier molecular flexibility index (Phi) is 7.10. The number of rotatable bonds is 7. The van der Waals surface area contributed by atoms with Crippen molar-refractivity contribution >= 4 is 11.8 Å². The van der Waals surface area contributed by atoms with Gasteiger partial charge in [-0.25, -0.2) is 0 Å². The topological polar surface area (TPSA) is 67.9 Å². The molecule has 6 nitrogen and oxygen atoms in total. The zero-order valence-corrected chi connectivity index (χ0v) is 15.3. The number of ether oxygens (including phenoxy) is 2. The van der Waals surface area contributed by atoms with Crippen LogP contribution in [0.4, 0.5) is 0 Å². The summed E-state index contributed by atoms with van der Waals surface area (Å²) in [5.74, 6) is 1.58. The molecule has 25 heavy (non-hydrogen) atoms. The predicted molar refractivity (Wildman–Crippen MR) is 95.9 cm³/mol. The second kappa shape index (κ2) is 9.30. The first-order valence-corrected chi connectivity index (χ1v) is 8.88. The van der Waals surface area contributed by atoms with E-state index in [-0.39, 0.29) is 17.9 Å². The SMILES string of the molecule is CCOc1ccc(CCC(=O)N2CCC(NC(C)=O)CC2)cc1OC. The number of methoxy groups -OCH3 is 1. The highest BCUT2D eigenvalue weighted by Crippen LogP contribution is 2.28. The number of hydrogen-bond acceptors (Lipinski definition) is 4. The van der Waals surface area contributed by atoms with Crippen LogP contribution in [0.3, 0.4) is 0 Å². The van der Waals surface area contributed by atoms with Gasteiger partial charge in [0.05, 0.1) is 13.7 Å². The van der Waals surface area contributed by atoms with Crippen LogP contribution in [-0.2, 0) is 16.0 Å². The average molecular weight is 348 g/mol. The Bertz CT molecular complexity index is 595. The molecule has 0 radical (unpaired) electrons. The summed E-state index contributed by atoms with van der Waals surface area (Å²) >= 11 is 0. The van der Waals surface area contributed by atoms with Crippen molar-refractivity contribution in [2.24, 2.45) is 0 Å². The third-order valence-corrected chi connectivity index (χ3v) is 4.41. The maximum Gasteiger partial charge on any atom is 0.222 e. The van der Waals surface area contributed by atoms with Crippen LogP contribution in [0.5, 0.6) is 11.5 Å². The molecule has 1 aromatic rings.